The van der Waals surface area contributed by atoms with Crippen LogP contribution in [0.1, 0.15) is 36.7 Å². The van der Waals surface area contributed by atoms with Crippen molar-refractivity contribution in [2.75, 3.05) is 19.4 Å². The fraction of sp³-hybridized carbons (Fsp3) is 0.389. The first kappa shape index (κ1) is 23.6. The Labute approximate surface area is 179 Å². The van der Waals surface area contributed by atoms with Crippen LogP contribution in [0, 0.1) is 6.92 Å². The summed E-state index contributed by atoms with van der Waals surface area (Å²) in [4.78, 5) is 9.20. The molecule has 0 saturated carbocycles. The molecule has 0 bridgehead atoms. The van der Waals surface area contributed by atoms with Gasteiger partial charge in [-0.3, -0.25) is 0 Å². The highest BCUT2D eigenvalue weighted by Gasteiger charge is 2.21. The molecule has 2 aromatic heterocycles. The lowest BCUT2D eigenvalue weighted by atomic mass is 10.1. The first-order valence-corrected chi connectivity index (χ1v) is 11.1. The van der Waals surface area contributed by atoms with Crippen molar-refractivity contribution in [2.24, 2.45) is 0 Å². The Balaban J connectivity index is 0.00000101. The molecule has 0 unspecified atom stereocenters. The average Bonchev–Trinajstić information content (AvgIpc) is 3.11. The summed E-state index contributed by atoms with van der Waals surface area (Å²) in [5.74, 6) is 1.44. The lowest BCUT2D eigenvalue weighted by Gasteiger charge is -2.16. The fourth-order valence-electron chi connectivity index (χ4n) is 2.79. The highest BCUT2D eigenvalue weighted by Crippen LogP contribution is 2.22. The SMILES string of the molecule is Cc1nc(NCc2ccccc2S(=O)(=O)N(C)C)n2ncc(C(C)C)c2n1.O=S=O. The van der Waals surface area contributed by atoms with E-state index in [9.17, 15) is 8.42 Å². The lowest BCUT2D eigenvalue weighted by molar-refractivity contribution is 0.519. The van der Waals surface area contributed by atoms with E-state index in [4.69, 9.17) is 8.42 Å². The molecule has 0 amide bonds. The molecule has 12 heteroatoms. The molecule has 1 aromatic carbocycles. The molecule has 0 aliphatic carbocycles. The second-order valence-corrected chi connectivity index (χ2v) is 9.16. The zero-order chi connectivity index (χ0) is 22.5. The van der Waals surface area contributed by atoms with Crippen molar-refractivity contribution in [3.8, 4) is 0 Å². The van der Waals surface area contributed by atoms with Gasteiger partial charge in [0.25, 0.3) is 0 Å². The number of benzene rings is 1. The maximum atomic E-state index is 12.6. The largest absolute Gasteiger partial charge is 0.350 e. The minimum atomic E-state index is -3.53. The Hall–Kier alpha value is -2.70. The second kappa shape index (κ2) is 9.87. The Morgan fingerprint density at radius 2 is 1.80 bits per heavy atom. The molecule has 3 aromatic rings. The van der Waals surface area contributed by atoms with Gasteiger partial charge in [-0.05, 0) is 24.5 Å². The van der Waals surface area contributed by atoms with Gasteiger partial charge >= 0.3 is 11.6 Å². The Bertz CT molecular complexity index is 1170. The first-order chi connectivity index (χ1) is 14.1. The van der Waals surface area contributed by atoms with Gasteiger partial charge in [-0.15, -0.1) is 0 Å². The van der Waals surface area contributed by atoms with E-state index in [1.165, 1.54) is 18.4 Å². The number of nitrogens with one attached hydrogen (secondary N) is 1. The average molecular weight is 453 g/mol. The second-order valence-electron chi connectivity index (χ2n) is 6.90. The number of fused-ring (bicyclic) bond motifs is 1. The molecule has 162 valence electrons. The third-order valence-electron chi connectivity index (χ3n) is 4.30. The summed E-state index contributed by atoms with van der Waals surface area (Å²) in [7, 11) is -0.488. The predicted octanol–water partition coefficient (Wildman–Crippen LogP) is 1.75. The summed E-state index contributed by atoms with van der Waals surface area (Å²) in [6.07, 6.45) is 1.80. The van der Waals surface area contributed by atoms with Gasteiger partial charge in [0.1, 0.15) is 5.82 Å². The molecule has 0 fully saturated rings. The van der Waals surface area contributed by atoms with Crippen LogP contribution in [0.25, 0.3) is 5.65 Å². The van der Waals surface area contributed by atoms with Crippen LogP contribution in [0.5, 0.6) is 0 Å². The maximum absolute atomic E-state index is 12.6. The molecule has 0 aliphatic rings. The molecule has 30 heavy (non-hydrogen) atoms. The Morgan fingerprint density at radius 3 is 2.40 bits per heavy atom. The summed E-state index contributed by atoms with van der Waals surface area (Å²) in [6, 6.07) is 6.93. The van der Waals surface area contributed by atoms with E-state index >= 15 is 0 Å². The monoisotopic (exact) mass is 452 g/mol. The topological polar surface area (TPSA) is 127 Å². The van der Waals surface area contributed by atoms with Gasteiger partial charge in [0.05, 0.1) is 11.1 Å². The number of rotatable bonds is 6. The highest BCUT2D eigenvalue weighted by atomic mass is 32.2. The van der Waals surface area contributed by atoms with Gasteiger partial charge in [0.15, 0.2) is 5.65 Å². The fourth-order valence-corrected chi connectivity index (χ4v) is 3.91. The minimum absolute atomic E-state index is 0.271. The van der Waals surface area contributed by atoms with Gasteiger partial charge < -0.3 is 5.32 Å². The third kappa shape index (κ3) is 5.07. The zero-order valence-corrected chi connectivity index (χ0v) is 19.0. The summed E-state index contributed by atoms with van der Waals surface area (Å²) in [5, 5.41) is 7.61. The van der Waals surface area contributed by atoms with E-state index in [1.54, 1.807) is 28.9 Å². The van der Waals surface area contributed by atoms with Crippen molar-refractivity contribution in [3.05, 3.63) is 47.4 Å². The minimum Gasteiger partial charge on any atom is -0.350 e. The Kier molecular flexibility index (Phi) is 7.76. The quantitative estimate of drug-likeness (QED) is 0.599. The molecule has 1 N–H and O–H groups in total. The van der Waals surface area contributed by atoms with E-state index in [2.05, 4.69) is 34.2 Å². The van der Waals surface area contributed by atoms with Crippen LogP contribution in [0.15, 0.2) is 35.4 Å². The van der Waals surface area contributed by atoms with E-state index < -0.39 is 21.6 Å². The number of nitrogens with zero attached hydrogens (tertiary/aromatic N) is 5. The molecule has 0 aliphatic heterocycles. The normalized spacial score (nSPS) is 11.4. The van der Waals surface area contributed by atoms with E-state index in [-0.39, 0.29) is 10.8 Å². The molecule has 0 spiro atoms. The lowest BCUT2D eigenvalue weighted by Crippen LogP contribution is -2.24. The molecule has 0 saturated heterocycles. The number of aryl methyl sites for hydroxylation is 1. The third-order valence-corrected chi connectivity index (χ3v) is 6.21. The van der Waals surface area contributed by atoms with Gasteiger partial charge in [0, 0.05) is 26.2 Å². The van der Waals surface area contributed by atoms with E-state index in [0.29, 0.717) is 23.9 Å². The molecule has 3 rings (SSSR count). The van der Waals surface area contributed by atoms with Crippen LogP contribution in [0.3, 0.4) is 0 Å². The highest BCUT2D eigenvalue weighted by molar-refractivity contribution is 7.89. The van der Waals surface area contributed by atoms with Crippen molar-refractivity contribution < 1.29 is 16.8 Å². The maximum Gasteiger partial charge on any atom is 0.335 e. The van der Waals surface area contributed by atoms with Gasteiger partial charge in [0.2, 0.25) is 16.0 Å². The number of anilines is 1. The van der Waals surface area contributed by atoms with Crippen molar-refractivity contribution in [3.63, 3.8) is 0 Å². The number of sulfonamides is 1. The molecular weight excluding hydrogens is 428 g/mol. The van der Waals surface area contributed by atoms with Gasteiger partial charge in [-0.25, -0.2) is 17.7 Å². The van der Waals surface area contributed by atoms with Crippen molar-refractivity contribution in [1.82, 2.24) is 23.9 Å². The summed E-state index contributed by atoms with van der Waals surface area (Å²) in [5.41, 5.74) is 2.46. The first-order valence-electron chi connectivity index (χ1n) is 9.01. The van der Waals surface area contributed by atoms with Crippen molar-refractivity contribution in [2.45, 2.75) is 38.1 Å². The van der Waals surface area contributed by atoms with Crippen LogP contribution in [-0.4, -0.2) is 54.8 Å². The van der Waals surface area contributed by atoms with Crippen LogP contribution < -0.4 is 5.32 Å². The molecule has 10 nitrogen and oxygen atoms in total. The van der Waals surface area contributed by atoms with Crippen molar-refractivity contribution in [1.29, 1.82) is 0 Å². The van der Waals surface area contributed by atoms with Gasteiger partial charge in [-0.2, -0.15) is 23.0 Å². The standard InChI is InChI=1S/C18H24N6O2S.O2S/c1-12(2)15-11-20-24-17(15)21-13(3)22-18(24)19-10-14-8-6-7-9-16(14)27(25,26)23(4)5;1-3-2/h6-9,11-12H,10H2,1-5H3,(H,19,21,22);. The van der Waals surface area contributed by atoms with Gasteiger partial charge in [-0.1, -0.05) is 32.0 Å². The summed E-state index contributed by atoms with van der Waals surface area (Å²) in [6.45, 7) is 6.30. The number of hydrogen-bond acceptors (Lipinski definition) is 8. The summed E-state index contributed by atoms with van der Waals surface area (Å²) < 4.78 is 44.6. The molecule has 0 radical (unpaired) electrons. The smallest absolute Gasteiger partial charge is 0.335 e. The zero-order valence-electron chi connectivity index (χ0n) is 17.4. The van der Waals surface area contributed by atoms with Crippen LogP contribution >= 0.6 is 0 Å². The van der Waals surface area contributed by atoms with E-state index in [0.717, 1.165) is 11.2 Å². The number of aromatic nitrogens is 4. The molecule has 2 heterocycles. The van der Waals surface area contributed by atoms with Crippen molar-refractivity contribution >= 4 is 33.2 Å². The predicted molar refractivity (Wildman–Crippen MR) is 113 cm³/mol. The summed E-state index contributed by atoms with van der Waals surface area (Å²) >= 11 is -0.750. The van der Waals surface area contributed by atoms with Crippen LogP contribution in [0.4, 0.5) is 5.95 Å². The Morgan fingerprint density at radius 1 is 1.17 bits per heavy atom. The van der Waals surface area contributed by atoms with Crippen LogP contribution in [0.2, 0.25) is 0 Å². The van der Waals surface area contributed by atoms with Crippen LogP contribution in [-0.2, 0) is 28.1 Å². The van der Waals surface area contributed by atoms with E-state index in [1.807, 2.05) is 13.0 Å². The number of hydrogen-bond donors (Lipinski definition) is 1. The molecule has 0 atom stereocenters. The molecular formula is C18H24N6O4S2.